The second-order valence-corrected chi connectivity index (χ2v) is 15.0. The predicted molar refractivity (Wildman–Crippen MR) is 121 cm³/mol. The molecule has 0 heterocycles. The van der Waals surface area contributed by atoms with Crippen molar-refractivity contribution in [1.82, 2.24) is 0 Å². The molecule has 1 N–H and O–H groups in total. The van der Waals surface area contributed by atoms with E-state index in [1.165, 1.54) is 25.7 Å². The molecule has 1 aromatic rings. The first-order valence-corrected chi connectivity index (χ1v) is 13.9. The van der Waals surface area contributed by atoms with E-state index in [-0.39, 0.29) is 17.1 Å². The molecule has 2 aliphatic carbocycles. The minimum atomic E-state index is -1.95. The molecule has 0 aliphatic heterocycles. The smallest absolute Gasteiger partial charge is 0.192 e. The van der Waals surface area contributed by atoms with Crippen LogP contribution in [0.2, 0.25) is 18.1 Å². The van der Waals surface area contributed by atoms with Crippen molar-refractivity contribution in [3.8, 4) is 0 Å². The molecule has 28 heavy (non-hydrogen) atoms. The van der Waals surface area contributed by atoms with Gasteiger partial charge in [-0.05, 0) is 42.1 Å². The van der Waals surface area contributed by atoms with Gasteiger partial charge < -0.3 is 9.53 Å². The molecule has 2 nitrogen and oxygen atoms in total. The fraction of sp³-hybridized carbons (Fsp3) is 0.600. The highest BCUT2D eigenvalue weighted by Crippen LogP contribution is 2.45. The van der Waals surface area contributed by atoms with Gasteiger partial charge in [0.1, 0.15) is 5.60 Å². The van der Waals surface area contributed by atoms with Crippen LogP contribution in [0.5, 0.6) is 0 Å². The molecule has 0 spiro atoms. The Balaban J connectivity index is 1.83. The maximum Gasteiger partial charge on any atom is 0.192 e. The average Bonchev–Trinajstić information content (AvgIpc) is 3.23. The lowest BCUT2D eigenvalue weighted by atomic mass is 9.82. The van der Waals surface area contributed by atoms with Crippen LogP contribution >= 0.6 is 0 Å². The van der Waals surface area contributed by atoms with Crippen molar-refractivity contribution in [2.45, 2.75) is 88.6 Å². The fourth-order valence-corrected chi connectivity index (χ4v) is 5.57. The largest absolute Gasteiger partial charge is 0.410 e. The fourth-order valence-electron chi connectivity index (χ4n) is 4.32. The SMILES string of the molecule is CC(C)(C)[Si](C)(C)O[C@@H]1C=C[C@](O)(/C=C/CC2CCCC2)[C@H]1c1ccccc1. The van der Waals surface area contributed by atoms with Crippen LogP contribution in [0, 0.1) is 5.92 Å². The molecule has 2 aliphatic rings. The Morgan fingerprint density at radius 1 is 1.14 bits per heavy atom. The lowest BCUT2D eigenvalue weighted by Crippen LogP contribution is -2.46. The molecule has 1 fully saturated rings. The molecule has 0 unspecified atom stereocenters. The van der Waals surface area contributed by atoms with Gasteiger partial charge in [0.2, 0.25) is 0 Å². The third-order valence-electron chi connectivity index (χ3n) is 7.10. The zero-order valence-electron chi connectivity index (χ0n) is 18.3. The summed E-state index contributed by atoms with van der Waals surface area (Å²) in [6, 6.07) is 10.4. The highest BCUT2D eigenvalue weighted by atomic mass is 28.4. The van der Waals surface area contributed by atoms with Crippen molar-refractivity contribution in [1.29, 1.82) is 0 Å². The minimum absolute atomic E-state index is 0.0931. The summed E-state index contributed by atoms with van der Waals surface area (Å²) in [7, 11) is -1.95. The molecular formula is C25H38O2Si. The Morgan fingerprint density at radius 3 is 2.39 bits per heavy atom. The number of benzene rings is 1. The highest BCUT2D eigenvalue weighted by Gasteiger charge is 2.47. The van der Waals surface area contributed by atoms with Gasteiger partial charge in [-0.2, -0.15) is 0 Å². The average molecular weight is 399 g/mol. The molecule has 0 aromatic heterocycles. The van der Waals surface area contributed by atoms with E-state index in [2.05, 4.69) is 70.3 Å². The molecule has 0 bridgehead atoms. The quantitative estimate of drug-likeness (QED) is 0.432. The highest BCUT2D eigenvalue weighted by molar-refractivity contribution is 6.74. The molecule has 154 valence electrons. The number of aliphatic hydroxyl groups is 1. The van der Waals surface area contributed by atoms with Gasteiger partial charge in [0.05, 0.1) is 6.10 Å². The normalized spacial score (nSPS) is 29.2. The van der Waals surface area contributed by atoms with Gasteiger partial charge in [0, 0.05) is 5.92 Å². The maximum absolute atomic E-state index is 11.6. The zero-order chi connectivity index (χ0) is 20.4. The summed E-state index contributed by atoms with van der Waals surface area (Å²) in [5, 5.41) is 11.8. The van der Waals surface area contributed by atoms with E-state index < -0.39 is 13.9 Å². The maximum atomic E-state index is 11.6. The minimum Gasteiger partial charge on any atom is -0.410 e. The summed E-state index contributed by atoms with van der Waals surface area (Å²) in [6.07, 6.45) is 14.7. The third-order valence-corrected chi connectivity index (χ3v) is 11.6. The summed E-state index contributed by atoms with van der Waals surface area (Å²) in [5.41, 5.74) is 0.164. The number of hydrogen-bond acceptors (Lipinski definition) is 2. The topological polar surface area (TPSA) is 29.5 Å². The first kappa shape index (κ1) is 21.5. The molecule has 3 heteroatoms. The molecule has 1 aromatic carbocycles. The summed E-state index contributed by atoms with van der Waals surface area (Å²) < 4.78 is 6.76. The van der Waals surface area contributed by atoms with Crippen LogP contribution in [-0.4, -0.2) is 25.1 Å². The van der Waals surface area contributed by atoms with Crippen LogP contribution in [0.1, 0.15) is 64.4 Å². The van der Waals surface area contributed by atoms with Crippen LogP contribution in [0.25, 0.3) is 0 Å². The summed E-state index contributed by atoms with van der Waals surface area (Å²) in [6.45, 7) is 11.4. The van der Waals surface area contributed by atoms with Gasteiger partial charge in [-0.25, -0.2) is 0 Å². The summed E-state index contributed by atoms with van der Waals surface area (Å²) in [5.74, 6) is 0.697. The van der Waals surface area contributed by atoms with Gasteiger partial charge in [0.15, 0.2) is 8.32 Å². The Kier molecular flexibility index (Phi) is 6.38. The van der Waals surface area contributed by atoms with Crippen LogP contribution in [0.15, 0.2) is 54.6 Å². The van der Waals surface area contributed by atoms with E-state index in [4.69, 9.17) is 4.43 Å². The number of rotatable bonds is 6. The third kappa shape index (κ3) is 4.69. The second-order valence-electron chi connectivity index (χ2n) is 10.3. The van der Waals surface area contributed by atoms with E-state index in [1.807, 2.05) is 18.2 Å². The van der Waals surface area contributed by atoms with Crippen molar-refractivity contribution in [2.75, 3.05) is 0 Å². The summed E-state index contributed by atoms with van der Waals surface area (Å²) >= 11 is 0. The molecule has 3 atom stereocenters. The van der Waals surface area contributed by atoms with E-state index >= 15 is 0 Å². The van der Waals surface area contributed by atoms with Gasteiger partial charge in [-0.1, -0.05) is 95.0 Å². The van der Waals surface area contributed by atoms with Crippen molar-refractivity contribution < 1.29 is 9.53 Å². The Hall–Kier alpha value is -1.16. The van der Waals surface area contributed by atoms with Crippen molar-refractivity contribution in [3.63, 3.8) is 0 Å². The van der Waals surface area contributed by atoms with Gasteiger partial charge in [-0.15, -0.1) is 0 Å². The van der Waals surface area contributed by atoms with Crippen LogP contribution in [0.4, 0.5) is 0 Å². The molecule has 3 rings (SSSR count). The van der Waals surface area contributed by atoms with Crippen LogP contribution in [-0.2, 0) is 4.43 Å². The van der Waals surface area contributed by atoms with Gasteiger partial charge in [0.25, 0.3) is 0 Å². The van der Waals surface area contributed by atoms with Crippen molar-refractivity contribution >= 4 is 8.32 Å². The van der Waals surface area contributed by atoms with E-state index in [1.54, 1.807) is 0 Å². The van der Waals surface area contributed by atoms with Gasteiger partial charge >= 0.3 is 0 Å². The van der Waals surface area contributed by atoms with Crippen molar-refractivity contribution in [2.24, 2.45) is 5.92 Å². The Labute approximate surface area is 172 Å². The Bertz CT molecular complexity index is 695. The molecule has 1 saturated carbocycles. The first-order chi connectivity index (χ1) is 13.1. The predicted octanol–water partition coefficient (Wildman–Crippen LogP) is 6.60. The number of allylic oxidation sites excluding steroid dienone is 1. The second kappa shape index (κ2) is 8.29. The molecule has 0 amide bonds. The van der Waals surface area contributed by atoms with E-state index in [0.29, 0.717) is 0 Å². The summed E-state index contributed by atoms with van der Waals surface area (Å²) in [4.78, 5) is 0. The van der Waals surface area contributed by atoms with E-state index in [9.17, 15) is 5.11 Å². The van der Waals surface area contributed by atoms with Crippen LogP contribution < -0.4 is 0 Å². The van der Waals surface area contributed by atoms with Crippen LogP contribution in [0.3, 0.4) is 0 Å². The lowest BCUT2D eigenvalue weighted by Gasteiger charge is -2.41. The Morgan fingerprint density at radius 2 is 1.79 bits per heavy atom. The standard InChI is InChI=1S/C25H38O2Si/c1-24(2,3)28(4,5)27-22-17-19-25(26,18-11-14-20-12-9-10-13-20)23(22)21-15-7-6-8-16-21/h6-8,11,15-20,22-23,26H,9-10,12-14H2,1-5H3/b18-11+/t22-,23+,25-/m1/s1. The zero-order valence-corrected chi connectivity index (χ0v) is 19.3. The molecule has 0 radical (unpaired) electrons. The monoisotopic (exact) mass is 398 g/mol. The first-order valence-electron chi connectivity index (χ1n) is 10.9. The van der Waals surface area contributed by atoms with Crippen molar-refractivity contribution in [3.05, 3.63) is 60.2 Å². The lowest BCUT2D eigenvalue weighted by molar-refractivity contribution is 0.0733. The van der Waals surface area contributed by atoms with Gasteiger partial charge in [-0.3, -0.25) is 0 Å². The number of hydrogen-bond donors (Lipinski definition) is 1. The van der Waals surface area contributed by atoms with E-state index in [0.717, 1.165) is 17.9 Å². The molecular weight excluding hydrogens is 360 g/mol. The molecule has 0 saturated heterocycles.